The lowest BCUT2D eigenvalue weighted by Gasteiger charge is -2.32. The van der Waals surface area contributed by atoms with Crippen molar-refractivity contribution in [1.29, 1.82) is 5.26 Å². The Bertz CT molecular complexity index is 518. The molecule has 1 aliphatic rings. The van der Waals surface area contributed by atoms with Crippen LogP contribution in [-0.2, 0) is 0 Å². The molecule has 1 fully saturated rings. The zero-order chi connectivity index (χ0) is 14.4. The van der Waals surface area contributed by atoms with E-state index in [1.807, 2.05) is 36.7 Å². The van der Waals surface area contributed by atoms with Gasteiger partial charge in [-0.1, -0.05) is 23.9 Å². The normalized spacial score (nSPS) is 16.9. The van der Waals surface area contributed by atoms with E-state index in [2.05, 4.69) is 15.2 Å². The maximum Gasteiger partial charge on any atom is 0.183 e. The van der Waals surface area contributed by atoms with E-state index in [1.165, 1.54) is 11.8 Å². The Balaban J connectivity index is 2.24. The van der Waals surface area contributed by atoms with E-state index < -0.39 is 0 Å². The fourth-order valence-corrected chi connectivity index (χ4v) is 2.55. The van der Waals surface area contributed by atoms with Gasteiger partial charge in [-0.2, -0.15) is 5.26 Å². The minimum atomic E-state index is -0.191. The van der Waals surface area contributed by atoms with Crippen LogP contribution in [0, 0.1) is 11.5 Å². The lowest BCUT2D eigenvalue weighted by Crippen LogP contribution is -2.35. The molecule has 1 aliphatic heterocycles. The van der Waals surface area contributed by atoms with Crippen molar-refractivity contribution in [3.05, 3.63) is 24.3 Å². The van der Waals surface area contributed by atoms with Crippen molar-refractivity contribution in [3.8, 4) is 6.19 Å². The van der Waals surface area contributed by atoms with Crippen LogP contribution in [0.3, 0.4) is 0 Å². The van der Waals surface area contributed by atoms with Gasteiger partial charge in [0.2, 0.25) is 0 Å². The van der Waals surface area contributed by atoms with Gasteiger partial charge < -0.3 is 10.0 Å². The van der Waals surface area contributed by atoms with Gasteiger partial charge in [0.15, 0.2) is 11.4 Å². The highest BCUT2D eigenvalue weighted by Crippen LogP contribution is 2.31. The summed E-state index contributed by atoms with van der Waals surface area (Å²) in [5.41, 5.74) is 1.89. The number of nitriles is 1. The third-order valence-electron chi connectivity index (χ3n) is 3.27. The van der Waals surface area contributed by atoms with Gasteiger partial charge in [-0.3, -0.25) is 5.32 Å². The molecule has 106 valence electrons. The molecule has 6 heteroatoms. The number of thioether (sulfide) groups is 1. The predicted octanol–water partition coefficient (Wildman–Crippen LogP) is 2.07. The van der Waals surface area contributed by atoms with Crippen LogP contribution >= 0.6 is 11.8 Å². The van der Waals surface area contributed by atoms with E-state index in [1.54, 1.807) is 0 Å². The number of nitrogens with one attached hydrogen (secondary N) is 1. The highest BCUT2D eigenvalue weighted by atomic mass is 32.2. The van der Waals surface area contributed by atoms with Crippen LogP contribution < -0.4 is 10.2 Å². The summed E-state index contributed by atoms with van der Waals surface area (Å²) in [6.07, 6.45) is 5.15. The van der Waals surface area contributed by atoms with E-state index in [9.17, 15) is 5.11 Å². The van der Waals surface area contributed by atoms with Crippen LogP contribution in [-0.4, -0.2) is 35.7 Å². The number of aliphatic hydroxyl groups is 1. The third kappa shape index (κ3) is 3.65. The molecule has 0 atom stereocenters. The Morgan fingerprint density at radius 1 is 1.45 bits per heavy atom. The van der Waals surface area contributed by atoms with E-state index in [-0.39, 0.29) is 6.10 Å². The molecule has 20 heavy (non-hydrogen) atoms. The number of anilines is 1. The fourth-order valence-electron chi connectivity index (χ4n) is 2.21. The molecule has 2 rings (SSSR count). The smallest absolute Gasteiger partial charge is 0.183 e. The van der Waals surface area contributed by atoms with E-state index in [4.69, 9.17) is 5.26 Å². The second-order valence-corrected chi connectivity index (χ2v) is 5.36. The molecule has 0 spiro atoms. The van der Waals surface area contributed by atoms with Gasteiger partial charge in [0.05, 0.1) is 17.5 Å². The molecule has 2 N–H and O–H groups in total. The van der Waals surface area contributed by atoms with E-state index in [0.29, 0.717) is 5.17 Å². The minimum Gasteiger partial charge on any atom is -0.393 e. The van der Waals surface area contributed by atoms with E-state index >= 15 is 0 Å². The van der Waals surface area contributed by atoms with E-state index in [0.717, 1.165) is 37.3 Å². The van der Waals surface area contributed by atoms with Crippen LogP contribution in [0.4, 0.5) is 11.4 Å². The molecule has 0 aliphatic carbocycles. The van der Waals surface area contributed by atoms with Crippen molar-refractivity contribution < 1.29 is 5.11 Å². The topological polar surface area (TPSA) is 71.7 Å². The maximum absolute atomic E-state index is 9.59. The Morgan fingerprint density at radius 3 is 2.80 bits per heavy atom. The molecule has 0 saturated carbocycles. The Kier molecular flexibility index (Phi) is 5.27. The standard InChI is InChI=1S/C14H18N4OS/c1-20-14(16-10-15)17-12-4-2-3-5-13(12)18-8-6-11(19)7-9-18/h2-5,11,19H,6-9H2,1H3,(H,16,17). The lowest BCUT2D eigenvalue weighted by molar-refractivity contribution is 0.145. The highest BCUT2D eigenvalue weighted by Gasteiger charge is 2.19. The van der Waals surface area contributed by atoms with Crippen LogP contribution in [0.25, 0.3) is 0 Å². The molecule has 0 aromatic heterocycles. The molecule has 1 saturated heterocycles. The van der Waals surface area contributed by atoms with Crippen molar-refractivity contribution in [3.63, 3.8) is 0 Å². The number of aliphatic imine (C=N–C) groups is 1. The van der Waals surface area contributed by atoms with Crippen molar-refractivity contribution in [2.24, 2.45) is 4.99 Å². The van der Waals surface area contributed by atoms with Gasteiger partial charge in [0, 0.05) is 13.1 Å². The molecule has 1 heterocycles. The first kappa shape index (κ1) is 14.7. The second kappa shape index (κ2) is 7.17. The molecule has 1 aromatic rings. The maximum atomic E-state index is 9.59. The second-order valence-electron chi connectivity index (χ2n) is 4.56. The molecule has 0 bridgehead atoms. The molecular formula is C14H18N4OS. The summed E-state index contributed by atoms with van der Waals surface area (Å²) in [6, 6.07) is 7.89. The first-order valence-electron chi connectivity index (χ1n) is 6.54. The fraction of sp³-hybridized carbons (Fsp3) is 0.429. The molecule has 0 unspecified atom stereocenters. The zero-order valence-corrected chi connectivity index (χ0v) is 12.2. The third-order valence-corrected chi connectivity index (χ3v) is 3.85. The number of hydrogen-bond acceptors (Lipinski definition) is 5. The number of nitrogens with zero attached hydrogens (tertiary/aromatic N) is 3. The summed E-state index contributed by atoms with van der Waals surface area (Å²) in [4.78, 5) is 6.73. The Labute approximate surface area is 123 Å². The number of amidine groups is 1. The van der Waals surface area contributed by atoms with Gasteiger partial charge in [-0.15, -0.1) is 0 Å². The van der Waals surface area contributed by atoms with Crippen molar-refractivity contribution in [1.82, 2.24) is 5.32 Å². The van der Waals surface area contributed by atoms with Crippen LogP contribution in [0.5, 0.6) is 0 Å². The van der Waals surface area contributed by atoms with Gasteiger partial charge in [0.25, 0.3) is 0 Å². The number of benzene rings is 1. The SMILES string of the molecule is CSC(=Nc1ccccc1N1CCC(O)CC1)NC#N. The Hall–Kier alpha value is -1.71. The summed E-state index contributed by atoms with van der Waals surface area (Å²) >= 11 is 1.40. The summed E-state index contributed by atoms with van der Waals surface area (Å²) in [5, 5.41) is 21.5. The Morgan fingerprint density at radius 2 is 2.15 bits per heavy atom. The van der Waals surface area contributed by atoms with Crippen molar-refractivity contribution in [2.45, 2.75) is 18.9 Å². The van der Waals surface area contributed by atoms with Crippen LogP contribution in [0.1, 0.15) is 12.8 Å². The van der Waals surface area contributed by atoms with Crippen LogP contribution in [0.2, 0.25) is 0 Å². The number of rotatable bonds is 2. The molecule has 5 nitrogen and oxygen atoms in total. The molecular weight excluding hydrogens is 272 g/mol. The van der Waals surface area contributed by atoms with Gasteiger partial charge in [0.1, 0.15) is 0 Å². The summed E-state index contributed by atoms with van der Waals surface area (Å²) in [6.45, 7) is 1.65. The zero-order valence-electron chi connectivity index (χ0n) is 11.4. The average Bonchev–Trinajstić information content (AvgIpc) is 2.48. The largest absolute Gasteiger partial charge is 0.393 e. The molecule has 0 radical (unpaired) electrons. The number of para-hydroxylation sites is 2. The lowest BCUT2D eigenvalue weighted by atomic mass is 10.1. The summed E-state index contributed by atoms with van der Waals surface area (Å²) < 4.78 is 0. The van der Waals surface area contributed by atoms with Crippen molar-refractivity contribution >= 4 is 28.3 Å². The van der Waals surface area contributed by atoms with Gasteiger partial charge >= 0.3 is 0 Å². The van der Waals surface area contributed by atoms with Gasteiger partial charge in [-0.25, -0.2) is 4.99 Å². The first-order chi connectivity index (χ1) is 9.74. The number of aliphatic hydroxyl groups excluding tert-OH is 1. The van der Waals surface area contributed by atoms with Crippen molar-refractivity contribution in [2.75, 3.05) is 24.2 Å². The number of piperidine rings is 1. The predicted molar refractivity (Wildman–Crippen MR) is 83.3 cm³/mol. The first-order valence-corrected chi connectivity index (χ1v) is 7.77. The quantitative estimate of drug-likeness (QED) is 0.377. The molecule has 1 aromatic carbocycles. The van der Waals surface area contributed by atoms with Crippen LogP contribution in [0.15, 0.2) is 29.3 Å². The minimum absolute atomic E-state index is 0.191. The monoisotopic (exact) mass is 290 g/mol. The van der Waals surface area contributed by atoms with Gasteiger partial charge in [-0.05, 0) is 31.2 Å². The highest BCUT2D eigenvalue weighted by molar-refractivity contribution is 8.13. The molecule has 0 amide bonds. The summed E-state index contributed by atoms with van der Waals surface area (Å²) in [7, 11) is 0. The average molecular weight is 290 g/mol. The number of hydrogen-bond donors (Lipinski definition) is 2. The summed E-state index contributed by atoms with van der Waals surface area (Å²) in [5.74, 6) is 0.